The van der Waals surface area contributed by atoms with E-state index in [1.54, 1.807) is 0 Å². The smallest absolute Gasteiger partial charge is 0.108 e. The number of piperidine rings is 1. The maximum absolute atomic E-state index is 5.64. The maximum Gasteiger partial charge on any atom is 0.108 e. The van der Waals surface area contributed by atoms with E-state index in [4.69, 9.17) is 10.7 Å². The van der Waals surface area contributed by atoms with Crippen LogP contribution in [0.25, 0.3) is 10.2 Å². The number of thiazole rings is 1. The van der Waals surface area contributed by atoms with Gasteiger partial charge in [0.05, 0.1) is 16.8 Å². The Kier molecular flexibility index (Phi) is 4.11. The van der Waals surface area contributed by atoms with Gasteiger partial charge in [-0.2, -0.15) is 0 Å². The van der Waals surface area contributed by atoms with Crippen molar-refractivity contribution in [3.8, 4) is 0 Å². The molecule has 3 nitrogen and oxygen atoms in total. The summed E-state index contributed by atoms with van der Waals surface area (Å²) in [5, 5.41) is 1.25. The summed E-state index contributed by atoms with van der Waals surface area (Å²) in [6.45, 7) is 4.23. The second-order valence-electron chi connectivity index (χ2n) is 5.37. The molecule has 19 heavy (non-hydrogen) atoms. The van der Waals surface area contributed by atoms with Gasteiger partial charge in [0.2, 0.25) is 0 Å². The van der Waals surface area contributed by atoms with Crippen molar-refractivity contribution < 1.29 is 0 Å². The van der Waals surface area contributed by atoms with Crippen molar-refractivity contribution >= 4 is 21.6 Å². The van der Waals surface area contributed by atoms with Gasteiger partial charge in [0.25, 0.3) is 0 Å². The Morgan fingerprint density at radius 1 is 1.26 bits per heavy atom. The van der Waals surface area contributed by atoms with E-state index < -0.39 is 0 Å². The summed E-state index contributed by atoms with van der Waals surface area (Å²) < 4.78 is 1.30. The summed E-state index contributed by atoms with van der Waals surface area (Å²) in [6.07, 6.45) is 3.78. The second kappa shape index (κ2) is 5.99. The van der Waals surface area contributed by atoms with Gasteiger partial charge in [0.1, 0.15) is 5.01 Å². The van der Waals surface area contributed by atoms with Gasteiger partial charge < -0.3 is 5.73 Å². The molecule has 102 valence electrons. The molecule has 0 saturated carbocycles. The first-order chi connectivity index (χ1) is 9.35. The van der Waals surface area contributed by atoms with Crippen molar-refractivity contribution in [2.45, 2.75) is 25.8 Å². The molecule has 1 aromatic carbocycles. The fourth-order valence-electron chi connectivity index (χ4n) is 2.85. The number of nitrogens with two attached hydrogens (primary N) is 1. The number of likely N-dealkylation sites (tertiary alicyclic amines) is 1. The third-order valence-corrected chi connectivity index (χ3v) is 5.00. The molecular weight excluding hydrogens is 254 g/mol. The topological polar surface area (TPSA) is 42.1 Å². The molecule has 0 radical (unpaired) electrons. The summed E-state index contributed by atoms with van der Waals surface area (Å²) in [6, 6.07) is 8.40. The quantitative estimate of drug-likeness (QED) is 0.933. The normalized spacial score (nSPS) is 18.2. The fourth-order valence-corrected chi connectivity index (χ4v) is 3.86. The Morgan fingerprint density at radius 2 is 2.05 bits per heavy atom. The molecule has 1 aliphatic heterocycles. The average Bonchev–Trinajstić information content (AvgIpc) is 2.83. The second-order valence-corrected chi connectivity index (χ2v) is 6.49. The highest BCUT2D eigenvalue weighted by Crippen LogP contribution is 2.25. The van der Waals surface area contributed by atoms with Crippen LogP contribution in [0.1, 0.15) is 24.3 Å². The number of hydrogen-bond acceptors (Lipinski definition) is 4. The van der Waals surface area contributed by atoms with E-state index in [9.17, 15) is 0 Å². The molecule has 1 aromatic heterocycles. The van der Waals surface area contributed by atoms with Crippen LogP contribution in [0.2, 0.25) is 0 Å². The van der Waals surface area contributed by atoms with Crippen LogP contribution in [0.15, 0.2) is 24.3 Å². The molecule has 2 heterocycles. The zero-order valence-corrected chi connectivity index (χ0v) is 12.0. The first-order valence-electron chi connectivity index (χ1n) is 7.12. The zero-order valence-electron chi connectivity index (χ0n) is 11.2. The van der Waals surface area contributed by atoms with E-state index in [0.717, 1.165) is 24.5 Å². The van der Waals surface area contributed by atoms with Gasteiger partial charge in [-0.1, -0.05) is 12.1 Å². The Hall–Kier alpha value is -0.970. The van der Waals surface area contributed by atoms with Gasteiger partial charge >= 0.3 is 0 Å². The molecule has 1 saturated heterocycles. The van der Waals surface area contributed by atoms with Gasteiger partial charge in [-0.25, -0.2) is 4.98 Å². The van der Waals surface area contributed by atoms with Crippen molar-refractivity contribution in [2.75, 3.05) is 19.6 Å². The molecule has 2 N–H and O–H groups in total. The van der Waals surface area contributed by atoms with E-state index in [1.807, 2.05) is 11.3 Å². The average molecular weight is 275 g/mol. The SMILES string of the molecule is NCCC1CCN(Cc2nc3ccccc3s2)CC1. The van der Waals surface area contributed by atoms with Crippen LogP contribution in [-0.2, 0) is 6.54 Å². The minimum absolute atomic E-state index is 0.836. The number of nitrogens with zero attached hydrogens (tertiary/aromatic N) is 2. The predicted molar refractivity (Wildman–Crippen MR) is 81.3 cm³/mol. The minimum Gasteiger partial charge on any atom is -0.330 e. The van der Waals surface area contributed by atoms with E-state index in [2.05, 4.69) is 29.2 Å². The van der Waals surface area contributed by atoms with E-state index in [0.29, 0.717) is 0 Å². The molecule has 0 amide bonds. The highest BCUT2D eigenvalue weighted by atomic mass is 32.1. The van der Waals surface area contributed by atoms with Crippen molar-refractivity contribution in [1.29, 1.82) is 0 Å². The molecule has 0 atom stereocenters. The molecule has 1 aliphatic rings. The lowest BCUT2D eigenvalue weighted by atomic mass is 9.94. The van der Waals surface area contributed by atoms with Gasteiger partial charge in [0.15, 0.2) is 0 Å². The lowest BCUT2D eigenvalue weighted by Crippen LogP contribution is -2.33. The zero-order chi connectivity index (χ0) is 13.1. The van der Waals surface area contributed by atoms with Gasteiger partial charge in [0, 0.05) is 0 Å². The molecule has 0 bridgehead atoms. The van der Waals surface area contributed by atoms with Crippen LogP contribution in [0, 0.1) is 5.92 Å². The van der Waals surface area contributed by atoms with E-state index in [1.165, 1.54) is 42.1 Å². The molecular formula is C15H21N3S. The molecule has 0 aliphatic carbocycles. The summed E-state index contributed by atoms with van der Waals surface area (Å²) in [4.78, 5) is 7.25. The van der Waals surface area contributed by atoms with Gasteiger partial charge in [-0.05, 0) is 56.9 Å². The van der Waals surface area contributed by atoms with Crippen LogP contribution in [0.3, 0.4) is 0 Å². The summed E-state index contributed by atoms with van der Waals surface area (Å²) in [5.41, 5.74) is 6.78. The van der Waals surface area contributed by atoms with Crippen LogP contribution < -0.4 is 5.73 Å². The fraction of sp³-hybridized carbons (Fsp3) is 0.533. The van der Waals surface area contributed by atoms with E-state index in [-0.39, 0.29) is 0 Å². The molecule has 0 spiro atoms. The Labute approximate surface area is 118 Å². The predicted octanol–water partition coefficient (Wildman–Crippen LogP) is 2.86. The van der Waals surface area contributed by atoms with Gasteiger partial charge in [-0.15, -0.1) is 11.3 Å². The minimum atomic E-state index is 0.836. The van der Waals surface area contributed by atoms with Crippen LogP contribution in [-0.4, -0.2) is 29.5 Å². The first-order valence-corrected chi connectivity index (χ1v) is 7.93. The molecule has 2 aromatic rings. The number of fused-ring (bicyclic) bond motifs is 1. The number of hydrogen-bond donors (Lipinski definition) is 1. The van der Waals surface area contributed by atoms with Crippen LogP contribution in [0.4, 0.5) is 0 Å². The standard InChI is InChI=1S/C15H21N3S/c16-8-5-12-6-9-18(10-7-12)11-15-17-13-3-1-2-4-14(13)19-15/h1-4,12H,5-11,16H2. The monoisotopic (exact) mass is 275 g/mol. The highest BCUT2D eigenvalue weighted by Gasteiger charge is 2.19. The molecule has 4 heteroatoms. The third kappa shape index (κ3) is 3.14. The van der Waals surface area contributed by atoms with Crippen LogP contribution in [0.5, 0.6) is 0 Å². The number of aromatic nitrogens is 1. The summed E-state index contributed by atoms with van der Waals surface area (Å²) in [7, 11) is 0. The van der Waals surface area contributed by atoms with Crippen molar-refractivity contribution in [1.82, 2.24) is 9.88 Å². The molecule has 0 unspecified atom stereocenters. The maximum atomic E-state index is 5.64. The Morgan fingerprint density at radius 3 is 2.79 bits per heavy atom. The Bertz CT molecular complexity index is 496. The lowest BCUT2D eigenvalue weighted by molar-refractivity contribution is 0.173. The Balaban J connectivity index is 1.60. The number of para-hydroxylation sites is 1. The van der Waals surface area contributed by atoms with Crippen molar-refractivity contribution in [2.24, 2.45) is 11.7 Å². The number of rotatable bonds is 4. The van der Waals surface area contributed by atoms with Crippen molar-refractivity contribution in [3.63, 3.8) is 0 Å². The van der Waals surface area contributed by atoms with Crippen molar-refractivity contribution in [3.05, 3.63) is 29.3 Å². The first kappa shape index (κ1) is 13.0. The summed E-state index contributed by atoms with van der Waals surface area (Å²) >= 11 is 1.83. The molecule has 1 fully saturated rings. The number of benzene rings is 1. The molecule has 3 rings (SSSR count). The highest BCUT2D eigenvalue weighted by molar-refractivity contribution is 7.18. The van der Waals surface area contributed by atoms with Gasteiger partial charge in [-0.3, -0.25) is 4.90 Å². The largest absolute Gasteiger partial charge is 0.330 e. The summed E-state index contributed by atoms with van der Waals surface area (Å²) in [5.74, 6) is 0.844. The van der Waals surface area contributed by atoms with E-state index >= 15 is 0 Å². The lowest BCUT2D eigenvalue weighted by Gasteiger charge is -2.31. The van der Waals surface area contributed by atoms with Crippen LogP contribution >= 0.6 is 11.3 Å². The third-order valence-electron chi connectivity index (χ3n) is 3.98.